The van der Waals surface area contributed by atoms with Crippen LogP contribution in [0.25, 0.3) is 10.9 Å². The lowest BCUT2D eigenvalue weighted by Gasteiger charge is -2.13. The highest BCUT2D eigenvalue weighted by atomic mass is 16.5. The first-order valence-corrected chi connectivity index (χ1v) is 7.24. The quantitative estimate of drug-likeness (QED) is 0.788. The number of amides is 1. The summed E-state index contributed by atoms with van der Waals surface area (Å²) in [6.45, 7) is 0.378. The Bertz CT molecular complexity index is 854. The molecule has 3 aromatic rings. The minimum absolute atomic E-state index is 0.378. The number of rotatable bonds is 5. The molecule has 5 nitrogen and oxygen atoms in total. The first kappa shape index (κ1) is 15.0. The van der Waals surface area contributed by atoms with E-state index in [4.69, 9.17) is 15.2 Å². The topological polar surface area (TPSA) is 66.5 Å². The molecular weight excluding hydrogens is 292 g/mol. The molecule has 2 N–H and O–H groups in total. The zero-order valence-electron chi connectivity index (χ0n) is 13.1. The highest BCUT2D eigenvalue weighted by Crippen LogP contribution is 2.38. The van der Waals surface area contributed by atoms with Crippen molar-refractivity contribution < 1.29 is 14.3 Å². The molecule has 5 heteroatoms. The molecule has 118 valence electrons. The van der Waals surface area contributed by atoms with Crippen LogP contribution in [0.5, 0.6) is 11.5 Å². The van der Waals surface area contributed by atoms with E-state index in [0.29, 0.717) is 29.1 Å². The van der Waals surface area contributed by atoms with Crippen LogP contribution in [-0.4, -0.2) is 17.6 Å². The molecule has 0 aliphatic heterocycles. The van der Waals surface area contributed by atoms with Gasteiger partial charge < -0.3 is 19.8 Å². The van der Waals surface area contributed by atoms with Gasteiger partial charge in [-0.1, -0.05) is 30.3 Å². The summed E-state index contributed by atoms with van der Waals surface area (Å²) in [5.74, 6) is 0.610. The van der Waals surface area contributed by atoms with Crippen molar-refractivity contribution in [2.75, 3.05) is 7.11 Å². The zero-order chi connectivity index (χ0) is 16.4. The van der Waals surface area contributed by atoms with E-state index in [0.717, 1.165) is 11.1 Å². The highest BCUT2D eigenvalue weighted by molar-refractivity contribution is 6.09. The van der Waals surface area contributed by atoms with Gasteiger partial charge in [0.2, 0.25) is 0 Å². The largest absolute Gasteiger partial charge is 0.493 e. The van der Waals surface area contributed by atoms with E-state index in [1.807, 2.05) is 54.1 Å². The van der Waals surface area contributed by atoms with Gasteiger partial charge in [0, 0.05) is 13.2 Å². The van der Waals surface area contributed by atoms with Crippen molar-refractivity contribution in [1.82, 2.24) is 4.57 Å². The number of aryl methyl sites for hydroxylation is 1. The van der Waals surface area contributed by atoms with E-state index in [2.05, 4.69) is 0 Å². The van der Waals surface area contributed by atoms with Crippen LogP contribution >= 0.6 is 0 Å². The van der Waals surface area contributed by atoms with Gasteiger partial charge in [-0.15, -0.1) is 0 Å². The standard InChI is InChI=1S/C18H18N2O3/c1-20-10-13(18(19)21)16-14(20)8-9-15(22-2)17(16)23-11-12-6-4-3-5-7-12/h3-10H,11H2,1-2H3,(H2,19,21). The Kier molecular flexibility index (Phi) is 3.93. The van der Waals surface area contributed by atoms with Gasteiger partial charge in [0.05, 0.1) is 23.6 Å². The maximum Gasteiger partial charge on any atom is 0.251 e. The van der Waals surface area contributed by atoms with E-state index in [-0.39, 0.29) is 0 Å². The van der Waals surface area contributed by atoms with Gasteiger partial charge in [0.25, 0.3) is 5.91 Å². The van der Waals surface area contributed by atoms with E-state index in [1.165, 1.54) is 0 Å². The highest BCUT2D eigenvalue weighted by Gasteiger charge is 2.19. The summed E-state index contributed by atoms with van der Waals surface area (Å²) >= 11 is 0. The number of nitrogens with two attached hydrogens (primary N) is 1. The van der Waals surface area contributed by atoms with Crippen LogP contribution in [0.3, 0.4) is 0 Å². The second-order valence-corrected chi connectivity index (χ2v) is 5.28. The average Bonchev–Trinajstić information content (AvgIpc) is 2.91. The van der Waals surface area contributed by atoms with Gasteiger partial charge in [0.15, 0.2) is 11.5 Å². The van der Waals surface area contributed by atoms with Crippen LogP contribution in [0, 0.1) is 0 Å². The van der Waals surface area contributed by atoms with Crippen LogP contribution in [0.1, 0.15) is 15.9 Å². The Hall–Kier alpha value is -2.95. The van der Waals surface area contributed by atoms with Gasteiger partial charge in [-0.2, -0.15) is 0 Å². The number of hydrogen-bond donors (Lipinski definition) is 1. The minimum Gasteiger partial charge on any atom is -0.493 e. The molecule has 0 bridgehead atoms. The number of primary amides is 1. The summed E-state index contributed by atoms with van der Waals surface area (Å²) in [7, 11) is 3.44. The first-order valence-electron chi connectivity index (χ1n) is 7.24. The lowest BCUT2D eigenvalue weighted by atomic mass is 10.1. The maximum absolute atomic E-state index is 11.8. The summed E-state index contributed by atoms with van der Waals surface area (Å²) in [5.41, 5.74) is 7.83. The number of nitrogens with zero attached hydrogens (tertiary/aromatic N) is 1. The van der Waals surface area contributed by atoms with Crippen molar-refractivity contribution in [1.29, 1.82) is 0 Å². The molecule has 0 aliphatic carbocycles. The third-order valence-corrected chi connectivity index (χ3v) is 3.78. The number of ether oxygens (including phenoxy) is 2. The van der Waals surface area contributed by atoms with Gasteiger partial charge in [-0.25, -0.2) is 0 Å². The molecular formula is C18H18N2O3. The predicted octanol–water partition coefficient (Wildman–Crippen LogP) is 2.86. The average molecular weight is 310 g/mol. The van der Waals surface area contributed by atoms with Gasteiger partial charge in [-0.3, -0.25) is 4.79 Å². The fraction of sp³-hybridized carbons (Fsp3) is 0.167. The van der Waals surface area contributed by atoms with Crippen molar-refractivity contribution in [3.8, 4) is 11.5 Å². The molecule has 0 unspecified atom stereocenters. The third kappa shape index (κ3) is 2.73. The number of aromatic nitrogens is 1. The summed E-state index contributed by atoms with van der Waals surface area (Å²) < 4.78 is 13.2. The minimum atomic E-state index is -0.492. The predicted molar refractivity (Wildman–Crippen MR) is 88.8 cm³/mol. The molecule has 0 aliphatic rings. The number of benzene rings is 2. The number of fused-ring (bicyclic) bond motifs is 1. The molecule has 0 spiro atoms. The summed E-state index contributed by atoms with van der Waals surface area (Å²) in [6.07, 6.45) is 1.71. The molecule has 0 atom stereocenters. The van der Waals surface area contributed by atoms with Crippen LogP contribution in [0.15, 0.2) is 48.7 Å². The fourth-order valence-corrected chi connectivity index (χ4v) is 2.66. The Balaban J connectivity index is 2.10. The number of methoxy groups -OCH3 is 1. The van der Waals surface area contributed by atoms with Crippen LogP contribution in [0.4, 0.5) is 0 Å². The Morgan fingerprint density at radius 3 is 2.57 bits per heavy atom. The normalized spacial score (nSPS) is 10.7. The fourth-order valence-electron chi connectivity index (χ4n) is 2.66. The summed E-state index contributed by atoms with van der Waals surface area (Å²) in [6, 6.07) is 13.5. The number of carbonyl (C=O) groups is 1. The Morgan fingerprint density at radius 2 is 1.91 bits per heavy atom. The molecule has 1 aromatic heterocycles. The maximum atomic E-state index is 11.8. The lowest BCUT2D eigenvalue weighted by Crippen LogP contribution is -2.10. The second-order valence-electron chi connectivity index (χ2n) is 5.28. The van der Waals surface area contributed by atoms with Crippen molar-refractivity contribution >= 4 is 16.8 Å². The van der Waals surface area contributed by atoms with Crippen LogP contribution in [-0.2, 0) is 13.7 Å². The van der Waals surface area contributed by atoms with Gasteiger partial charge in [-0.05, 0) is 17.7 Å². The lowest BCUT2D eigenvalue weighted by molar-refractivity contribution is 0.100. The third-order valence-electron chi connectivity index (χ3n) is 3.78. The number of hydrogen-bond acceptors (Lipinski definition) is 3. The van der Waals surface area contributed by atoms with E-state index in [1.54, 1.807) is 13.3 Å². The Labute approximate surface area is 134 Å². The van der Waals surface area contributed by atoms with E-state index in [9.17, 15) is 4.79 Å². The van der Waals surface area contributed by atoms with Crippen molar-refractivity contribution in [2.45, 2.75) is 6.61 Å². The van der Waals surface area contributed by atoms with Crippen LogP contribution < -0.4 is 15.2 Å². The van der Waals surface area contributed by atoms with Crippen LogP contribution in [0.2, 0.25) is 0 Å². The SMILES string of the molecule is COc1ccc2c(c(C(N)=O)cn2C)c1OCc1ccccc1. The summed E-state index contributed by atoms with van der Waals surface area (Å²) in [4.78, 5) is 11.8. The smallest absolute Gasteiger partial charge is 0.251 e. The van der Waals surface area contributed by atoms with E-state index >= 15 is 0 Å². The monoisotopic (exact) mass is 310 g/mol. The molecule has 3 rings (SSSR count). The Morgan fingerprint density at radius 1 is 1.17 bits per heavy atom. The molecule has 0 saturated carbocycles. The van der Waals surface area contributed by atoms with Crippen molar-refractivity contribution in [3.63, 3.8) is 0 Å². The molecule has 0 fully saturated rings. The van der Waals surface area contributed by atoms with Gasteiger partial charge >= 0.3 is 0 Å². The van der Waals surface area contributed by atoms with E-state index < -0.39 is 5.91 Å². The second kappa shape index (κ2) is 6.04. The van der Waals surface area contributed by atoms with Crippen molar-refractivity contribution in [2.24, 2.45) is 12.8 Å². The molecule has 0 radical (unpaired) electrons. The summed E-state index contributed by atoms with van der Waals surface area (Å²) in [5, 5.41) is 0.676. The molecule has 0 saturated heterocycles. The molecule has 1 amide bonds. The molecule has 2 aromatic carbocycles. The first-order chi connectivity index (χ1) is 11.1. The molecule has 23 heavy (non-hydrogen) atoms. The number of carbonyl (C=O) groups excluding carboxylic acids is 1. The van der Waals surface area contributed by atoms with Crippen molar-refractivity contribution in [3.05, 3.63) is 59.8 Å². The zero-order valence-corrected chi connectivity index (χ0v) is 13.1. The van der Waals surface area contributed by atoms with Gasteiger partial charge in [0.1, 0.15) is 6.61 Å². The molecule has 1 heterocycles.